The zero-order chi connectivity index (χ0) is 14.8. The predicted molar refractivity (Wildman–Crippen MR) is 77.9 cm³/mol. The van der Waals surface area contributed by atoms with Gasteiger partial charge in [-0.05, 0) is 39.5 Å². The third-order valence-electron chi connectivity index (χ3n) is 3.68. The molecule has 1 saturated heterocycles. The normalized spacial score (nSPS) is 26.5. The van der Waals surface area contributed by atoms with Crippen LogP contribution in [0.3, 0.4) is 0 Å². The van der Waals surface area contributed by atoms with Crippen LogP contribution in [-0.2, 0) is 4.74 Å². The zero-order valence-corrected chi connectivity index (χ0v) is 12.6. The van der Waals surface area contributed by atoms with E-state index in [4.69, 9.17) is 15.0 Å². The molecule has 1 aliphatic carbocycles. The average Bonchev–Trinajstić information content (AvgIpc) is 2.99. The highest BCUT2D eigenvalue weighted by Crippen LogP contribution is 2.39. The average molecular weight is 293 g/mol. The molecule has 0 spiro atoms. The summed E-state index contributed by atoms with van der Waals surface area (Å²) >= 11 is 0. The van der Waals surface area contributed by atoms with E-state index in [2.05, 4.69) is 20.4 Å². The number of rotatable bonds is 5. The molecule has 0 unspecified atom stereocenters. The number of nitrogens with two attached hydrogens (primary N) is 1. The zero-order valence-electron chi connectivity index (χ0n) is 12.6. The molecular weight excluding hydrogens is 270 g/mol. The van der Waals surface area contributed by atoms with Gasteiger partial charge in [-0.1, -0.05) is 5.16 Å². The monoisotopic (exact) mass is 293 g/mol. The summed E-state index contributed by atoms with van der Waals surface area (Å²) in [5, 5.41) is 7.09. The van der Waals surface area contributed by atoms with Gasteiger partial charge in [0.25, 0.3) is 5.89 Å². The van der Waals surface area contributed by atoms with Crippen molar-refractivity contribution in [2.75, 3.05) is 6.54 Å². The Bertz CT molecular complexity index is 509. The second-order valence-electron chi connectivity index (χ2n) is 6.11. The van der Waals surface area contributed by atoms with Crippen LogP contribution in [0.4, 0.5) is 0 Å². The summed E-state index contributed by atoms with van der Waals surface area (Å²) in [6.07, 6.45) is 4.14. The molecule has 2 atom stereocenters. The Balaban J connectivity index is 1.50. The van der Waals surface area contributed by atoms with Crippen LogP contribution >= 0.6 is 0 Å². The first-order valence-corrected chi connectivity index (χ1v) is 7.67. The van der Waals surface area contributed by atoms with Gasteiger partial charge in [0.05, 0.1) is 12.6 Å². The SMILES string of the molecule is CC(C)NC(N)=NC[C@H]1CC[C@@H](c2nc(C3CC3)no2)O1. The van der Waals surface area contributed by atoms with Gasteiger partial charge < -0.3 is 20.3 Å². The number of hydrogen-bond acceptors (Lipinski definition) is 5. The van der Waals surface area contributed by atoms with Gasteiger partial charge >= 0.3 is 0 Å². The fourth-order valence-electron chi connectivity index (χ4n) is 2.45. The molecule has 0 amide bonds. The van der Waals surface area contributed by atoms with Crippen molar-refractivity contribution in [2.45, 2.75) is 63.7 Å². The summed E-state index contributed by atoms with van der Waals surface area (Å²) in [7, 11) is 0. The smallest absolute Gasteiger partial charge is 0.255 e. The third-order valence-corrected chi connectivity index (χ3v) is 3.68. The molecule has 2 aliphatic rings. The van der Waals surface area contributed by atoms with Crippen LogP contribution < -0.4 is 11.1 Å². The lowest BCUT2D eigenvalue weighted by molar-refractivity contribution is 0.0309. The van der Waals surface area contributed by atoms with Crippen LogP contribution in [-0.4, -0.2) is 34.8 Å². The van der Waals surface area contributed by atoms with Crippen LogP contribution in [0.15, 0.2) is 9.52 Å². The summed E-state index contributed by atoms with van der Waals surface area (Å²) in [5.41, 5.74) is 5.78. The molecule has 21 heavy (non-hydrogen) atoms. The molecule has 3 N–H and O–H groups in total. The molecule has 0 radical (unpaired) electrons. The summed E-state index contributed by atoms with van der Waals surface area (Å²) in [6.45, 7) is 4.61. The number of hydrogen-bond donors (Lipinski definition) is 2. The van der Waals surface area contributed by atoms with Crippen molar-refractivity contribution in [3.8, 4) is 0 Å². The Morgan fingerprint density at radius 2 is 2.19 bits per heavy atom. The predicted octanol–water partition coefficient (Wildman–Crippen LogP) is 1.48. The quantitative estimate of drug-likeness (QED) is 0.630. The van der Waals surface area contributed by atoms with E-state index in [1.165, 1.54) is 12.8 Å². The summed E-state index contributed by atoms with van der Waals surface area (Å²) in [5.74, 6) is 2.41. The standard InChI is InChI=1S/C14H23N5O2/c1-8(2)17-14(15)16-7-10-5-6-11(20-10)13-18-12(19-21-13)9-3-4-9/h8-11H,3-7H2,1-2H3,(H3,15,16,17)/t10-,11+/m1/s1. The van der Waals surface area contributed by atoms with Crippen LogP contribution in [0.2, 0.25) is 0 Å². The maximum atomic E-state index is 5.93. The van der Waals surface area contributed by atoms with Gasteiger partial charge in [-0.25, -0.2) is 0 Å². The first-order chi connectivity index (χ1) is 10.1. The molecule has 116 valence electrons. The van der Waals surface area contributed by atoms with E-state index in [-0.39, 0.29) is 18.2 Å². The number of nitrogens with zero attached hydrogens (tertiary/aromatic N) is 3. The second kappa shape index (κ2) is 6.01. The highest BCUT2D eigenvalue weighted by molar-refractivity contribution is 5.78. The van der Waals surface area contributed by atoms with Crippen molar-refractivity contribution in [3.63, 3.8) is 0 Å². The molecule has 1 aromatic rings. The lowest BCUT2D eigenvalue weighted by Gasteiger charge is -2.11. The van der Waals surface area contributed by atoms with Crippen molar-refractivity contribution in [1.29, 1.82) is 0 Å². The fraction of sp³-hybridized carbons (Fsp3) is 0.786. The molecule has 0 aromatic carbocycles. The lowest BCUT2D eigenvalue weighted by atomic mass is 10.2. The number of nitrogens with one attached hydrogen (secondary N) is 1. The molecule has 1 saturated carbocycles. The molecule has 1 aromatic heterocycles. The highest BCUT2D eigenvalue weighted by atomic mass is 16.5. The Labute approximate surface area is 124 Å². The molecule has 7 nitrogen and oxygen atoms in total. The van der Waals surface area contributed by atoms with Crippen molar-refractivity contribution < 1.29 is 9.26 Å². The Morgan fingerprint density at radius 1 is 1.38 bits per heavy atom. The van der Waals surface area contributed by atoms with Crippen LogP contribution in [0.5, 0.6) is 0 Å². The maximum Gasteiger partial charge on any atom is 0.255 e. The third kappa shape index (κ3) is 3.72. The van der Waals surface area contributed by atoms with Gasteiger partial charge in [-0.2, -0.15) is 4.98 Å². The van der Waals surface area contributed by atoms with Gasteiger partial charge in [0.1, 0.15) is 6.10 Å². The van der Waals surface area contributed by atoms with E-state index >= 15 is 0 Å². The van der Waals surface area contributed by atoms with Gasteiger partial charge in [0.2, 0.25) is 0 Å². The maximum absolute atomic E-state index is 5.93. The van der Waals surface area contributed by atoms with E-state index < -0.39 is 0 Å². The van der Waals surface area contributed by atoms with Gasteiger partial charge in [-0.15, -0.1) is 0 Å². The molecule has 3 rings (SSSR count). The van der Waals surface area contributed by atoms with Crippen molar-refractivity contribution in [3.05, 3.63) is 11.7 Å². The first kappa shape index (κ1) is 14.3. The number of ether oxygens (including phenoxy) is 1. The number of aromatic nitrogens is 2. The van der Waals surface area contributed by atoms with Crippen molar-refractivity contribution >= 4 is 5.96 Å². The van der Waals surface area contributed by atoms with Gasteiger partial charge in [0.15, 0.2) is 11.8 Å². The summed E-state index contributed by atoms with van der Waals surface area (Å²) in [6, 6.07) is 0.283. The van der Waals surface area contributed by atoms with E-state index in [0.29, 0.717) is 24.3 Å². The van der Waals surface area contributed by atoms with E-state index in [1.54, 1.807) is 0 Å². The molecule has 2 heterocycles. The first-order valence-electron chi connectivity index (χ1n) is 7.67. The lowest BCUT2D eigenvalue weighted by Crippen LogP contribution is -2.37. The topological polar surface area (TPSA) is 98.6 Å². The molecule has 0 bridgehead atoms. The molecule has 1 aliphatic heterocycles. The minimum Gasteiger partial charge on any atom is -0.370 e. The minimum absolute atomic E-state index is 0.0683. The van der Waals surface area contributed by atoms with E-state index in [9.17, 15) is 0 Å². The fourth-order valence-corrected chi connectivity index (χ4v) is 2.45. The minimum atomic E-state index is -0.0931. The Morgan fingerprint density at radius 3 is 2.90 bits per heavy atom. The van der Waals surface area contributed by atoms with Gasteiger partial charge in [0, 0.05) is 12.0 Å². The Hall–Kier alpha value is -1.63. The molecular formula is C14H23N5O2. The van der Waals surface area contributed by atoms with Crippen LogP contribution in [0, 0.1) is 0 Å². The van der Waals surface area contributed by atoms with Crippen LogP contribution in [0.1, 0.15) is 63.3 Å². The molecule has 7 heteroatoms. The van der Waals surface area contributed by atoms with Crippen molar-refractivity contribution in [2.24, 2.45) is 10.7 Å². The van der Waals surface area contributed by atoms with Crippen molar-refractivity contribution in [1.82, 2.24) is 15.5 Å². The number of aliphatic imine (C=N–C) groups is 1. The van der Waals surface area contributed by atoms with Crippen LogP contribution in [0.25, 0.3) is 0 Å². The molecule has 2 fully saturated rings. The summed E-state index contributed by atoms with van der Waals surface area (Å²) < 4.78 is 11.2. The largest absolute Gasteiger partial charge is 0.370 e. The second-order valence-corrected chi connectivity index (χ2v) is 6.11. The highest BCUT2D eigenvalue weighted by Gasteiger charge is 2.33. The van der Waals surface area contributed by atoms with E-state index in [1.807, 2.05) is 13.8 Å². The Kier molecular flexibility index (Phi) is 4.10. The van der Waals surface area contributed by atoms with E-state index in [0.717, 1.165) is 18.7 Å². The number of guanidine groups is 1. The summed E-state index contributed by atoms with van der Waals surface area (Å²) in [4.78, 5) is 8.76. The van der Waals surface area contributed by atoms with Gasteiger partial charge in [-0.3, -0.25) is 4.99 Å².